The number of H-pyrrole nitrogens is 1. The number of aromatic amines is 1. The number of rotatable bonds is 1. The van der Waals surface area contributed by atoms with Crippen LogP contribution in [0.4, 0.5) is 4.79 Å². The summed E-state index contributed by atoms with van der Waals surface area (Å²) in [5.74, 6) is 2.81. The Balaban J connectivity index is 1.60. The Morgan fingerprint density at radius 2 is 2.25 bits per heavy atom. The first-order chi connectivity index (χ1) is 13.2. The molecule has 8 heteroatoms. The van der Waals surface area contributed by atoms with Gasteiger partial charge < -0.3 is 24.3 Å². The molecule has 2 aromatic rings. The van der Waals surface area contributed by atoms with Gasteiger partial charge in [-0.05, 0) is 56.6 Å². The number of hydrogen-bond acceptors (Lipinski definition) is 5. The molecule has 1 amide bonds. The zero-order valence-electron chi connectivity index (χ0n) is 16.7. The summed E-state index contributed by atoms with van der Waals surface area (Å²) in [6.45, 7) is 9.01. The van der Waals surface area contributed by atoms with Gasteiger partial charge in [0, 0.05) is 30.2 Å². The molecule has 2 aliphatic heterocycles. The van der Waals surface area contributed by atoms with Crippen LogP contribution in [0.25, 0.3) is 16.6 Å². The van der Waals surface area contributed by atoms with Crippen molar-refractivity contribution in [3.8, 4) is 5.75 Å². The molecule has 0 aromatic carbocycles. The Morgan fingerprint density at radius 1 is 1.46 bits per heavy atom. The standard InChI is InChI=1S/C20H26BN3O4/c1-12-11-24(19(25)27-20(2,3)4)8-6-13(12)15-9-21(26)28-16-10-23-18-14(17(15)16)5-7-22-18/h5,7,9-10,12-13,26H,6,8,11H2,1-4H3,(H,22,23). The maximum absolute atomic E-state index is 12.4. The minimum atomic E-state index is -0.989. The number of allylic oxidation sites excluding steroid dienone is 1. The second-order valence-electron chi connectivity index (χ2n) is 8.67. The molecule has 1 fully saturated rings. The number of pyridine rings is 1. The zero-order valence-corrected chi connectivity index (χ0v) is 16.7. The van der Waals surface area contributed by atoms with Gasteiger partial charge in [-0.2, -0.15) is 0 Å². The maximum atomic E-state index is 12.4. The Hall–Kier alpha value is -2.48. The van der Waals surface area contributed by atoms with Gasteiger partial charge in [0.15, 0.2) is 0 Å². The topological polar surface area (TPSA) is 87.7 Å². The number of aromatic nitrogens is 2. The number of ether oxygens (including phenoxy) is 1. The quantitative estimate of drug-likeness (QED) is 0.739. The average molecular weight is 383 g/mol. The highest BCUT2D eigenvalue weighted by Gasteiger charge is 2.37. The average Bonchev–Trinajstić information content (AvgIpc) is 3.08. The van der Waals surface area contributed by atoms with Crippen molar-refractivity contribution in [2.24, 2.45) is 11.8 Å². The van der Waals surface area contributed by atoms with Crippen LogP contribution >= 0.6 is 0 Å². The predicted molar refractivity (Wildman–Crippen MR) is 108 cm³/mol. The van der Waals surface area contributed by atoms with Crippen molar-refractivity contribution in [3.05, 3.63) is 30.0 Å². The molecule has 2 unspecified atom stereocenters. The van der Waals surface area contributed by atoms with Crippen LogP contribution in [0.5, 0.6) is 5.75 Å². The molecule has 7 nitrogen and oxygen atoms in total. The molecule has 2 aromatic heterocycles. The fourth-order valence-corrected chi connectivity index (χ4v) is 4.19. The molecule has 148 valence electrons. The van der Waals surface area contributed by atoms with Gasteiger partial charge in [-0.1, -0.05) is 6.92 Å². The van der Waals surface area contributed by atoms with E-state index in [0.29, 0.717) is 18.8 Å². The van der Waals surface area contributed by atoms with E-state index in [4.69, 9.17) is 9.39 Å². The summed E-state index contributed by atoms with van der Waals surface area (Å²) in [6, 6.07) is 1.98. The normalized spacial score (nSPS) is 22.5. The fourth-order valence-electron chi connectivity index (χ4n) is 4.19. The number of piperidine rings is 1. The van der Waals surface area contributed by atoms with E-state index in [1.807, 2.05) is 33.0 Å². The van der Waals surface area contributed by atoms with Gasteiger partial charge in [-0.25, -0.2) is 9.78 Å². The molecule has 28 heavy (non-hydrogen) atoms. The Bertz CT molecular complexity index is 933. The highest BCUT2D eigenvalue weighted by atomic mass is 16.6. The number of nitrogens with zero attached hydrogens (tertiary/aromatic N) is 2. The molecule has 2 aliphatic rings. The summed E-state index contributed by atoms with van der Waals surface area (Å²) in [5.41, 5.74) is 2.34. The number of fused-ring (bicyclic) bond motifs is 3. The molecule has 2 atom stereocenters. The Labute approximate surface area is 164 Å². The molecule has 0 aliphatic carbocycles. The van der Waals surface area contributed by atoms with E-state index >= 15 is 0 Å². The van der Waals surface area contributed by atoms with Crippen LogP contribution in [0.15, 0.2) is 24.4 Å². The van der Waals surface area contributed by atoms with Crippen molar-refractivity contribution in [3.63, 3.8) is 0 Å². The lowest BCUT2D eigenvalue weighted by atomic mass is 9.71. The van der Waals surface area contributed by atoms with Crippen LogP contribution in [-0.2, 0) is 4.74 Å². The number of carbonyl (C=O) groups is 1. The summed E-state index contributed by atoms with van der Waals surface area (Å²) in [4.78, 5) is 21.7. The van der Waals surface area contributed by atoms with Crippen LogP contribution in [0.1, 0.15) is 39.7 Å². The van der Waals surface area contributed by atoms with Crippen molar-refractivity contribution in [1.82, 2.24) is 14.9 Å². The third-order valence-electron chi connectivity index (χ3n) is 5.37. The number of nitrogens with one attached hydrogen (secondary N) is 1. The van der Waals surface area contributed by atoms with Crippen LogP contribution < -0.4 is 4.65 Å². The van der Waals surface area contributed by atoms with Gasteiger partial charge in [-0.3, -0.25) is 0 Å². The Kier molecular flexibility index (Phi) is 4.61. The van der Waals surface area contributed by atoms with Gasteiger partial charge in [0.2, 0.25) is 0 Å². The number of carbonyl (C=O) groups excluding carboxylic acids is 1. The van der Waals surface area contributed by atoms with Gasteiger partial charge in [0.1, 0.15) is 17.0 Å². The zero-order chi connectivity index (χ0) is 20.1. The minimum Gasteiger partial charge on any atom is -0.531 e. The molecule has 1 saturated heterocycles. The molecular formula is C20H26BN3O4. The summed E-state index contributed by atoms with van der Waals surface area (Å²) < 4.78 is 11.1. The molecule has 0 radical (unpaired) electrons. The fraction of sp³-hybridized carbons (Fsp3) is 0.500. The van der Waals surface area contributed by atoms with E-state index in [2.05, 4.69) is 16.9 Å². The van der Waals surface area contributed by atoms with E-state index in [9.17, 15) is 9.82 Å². The van der Waals surface area contributed by atoms with Crippen LogP contribution in [0, 0.1) is 11.8 Å². The number of hydrogen-bond donors (Lipinski definition) is 2. The van der Waals surface area contributed by atoms with E-state index in [1.54, 1.807) is 17.1 Å². The predicted octanol–water partition coefficient (Wildman–Crippen LogP) is 3.25. The van der Waals surface area contributed by atoms with Gasteiger partial charge in [-0.15, -0.1) is 0 Å². The first-order valence-corrected chi connectivity index (χ1v) is 9.74. The third-order valence-corrected chi connectivity index (χ3v) is 5.37. The van der Waals surface area contributed by atoms with Crippen molar-refractivity contribution >= 4 is 29.8 Å². The first-order valence-electron chi connectivity index (χ1n) is 9.74. The molecule has 0 bridgehead atoms. The summed E-state index contributed by atoms with van der Waals surface area (Å²) in [7, 11) is -0.989. The summed E-state index contributed by atoms with van der Waals surface area (Å²) >= 11 is 0. The van der Waals surface area contributed by atoms with E-state index in [1.165, 1.54) is 0 Å². The second-order valence-corrected chi connectivity index (χ2v) is 8.67. The highest BCUT2D eigenvalue weighted by Crippen LogP contribution is 2.44. The van der Waals surface area contributed by atoms with Crippen LogP contribution in [-0.4, -0.2) is 51.8 Å². The van der Waals surface area contributed by atoms with Crippen molar-refractivity contribution in [1.29, 1.82) is 0 Å². The largest absolute Gasteiger partial charge is 0.552 e. The van der Waals surface area contributed by atoms with Gasteiger partial charge in [0.25, 0.3) is 0 Å². The van der Waals surface area contributed by atoms with Crippen molar-refractivity contribution < 1.29 is 19.2 Å². The summed E-state index contributed by atoms with van der Waals surface area (Å²) in [6.07, 6.45) is 4.04. The lowest BCUT2D eigenvalue weighted by molar-refractivity contribution is 0.0146. The smallest absolute Gasteiger partial charge is 0.531 e. The Morgan fingerprint density at radius 3 is 2.96 bits per heavy atom. The molecule has 0 saturated carbocycles. The summed E-state index contributed by atoms with van der Waals surface area (Å²) in [5, 5.41) is 11.2. The molecule has 0 spiro atoms. The van der Waals surface area contributed by atoms with Gasteiger partial charge in [0.05, 0.1) is 6.20 Å². The van der Waals surface area contributed by atoms with Crippen molar-refractivity contribution in [2.45, 2.75) is 39.7 Å². The highest BCUT2D eigenvalue weighted by molar-refractivity contribution is 6.52. The number of amides is 1. The third kappa shape index (κ3) is 3.48. The maximum Gasteiger partial charge on any atom is 0.552 e. The molecule has 4 heterocycles. The monoisotopic (exact) mass is 383 g/mol. The first kappa shape index (κ1) is 18.9. The van der Waals surface area contributed by atoms with E-state index in [0.717, 1.165) is 28.6 Å². The lowest BCUT2D eigenvalue weighted by Gasteiger charge is -2.39. The van der Waals surface area contributed by atoms with Gasteiger partial charge >= 0.3 is 13.2 Å². The van der Waals surface area contributed by atoms with E-state index in [-0.39, 0.29) is 17.9 Å². The molecule has 2 N–H and O–H groups in total. The SMILES string of the molecule is CC1CN(C(=O)OC(C)(C)C)CCC1C1=CB(O)Oc2cnc3[nH]ccc3c21. The lowest BCUT2D eigenvalue weighted by Crippen LogP contribution is -2.45. The van der Waals surface area contributed by atoms with Crippen LogP contribution in [0.2, 0.25) is 0 Å². The van der Waals surface area contributed by atoms with Crippen molar-refractivity contribution in [2.75, 3.05) is 13.1 Å². The second kappa shape index (κ2) is 6.85. The molecule has 4 rings (SSSR count). The number of likely N-dealkylation sites (tertiary alicyclic amines) is 1. The molecular weight excluding hydrogens is 357 g/mol. The minimum absolute atomic E-state index is 0.205. The van der Waals surface area contributed by atoms with E-state index < -0.39 is 12.7 Å². The van der Waals surface area contributed by atoms with Crippen LogP contribution in [0.3, 0.4) is 0 Å².